The fraction of sp³-hybridized carbons (Fsp3) is 0.143. The molecular weight excluding hydrogens is 365 g/mol. The Hall–Kier alpha value is -2.82. The van der Waals surface area contributed by atoms with E-state index < -0.39 is 37.3 Å². The average molecular weight is 376 g/mol. The lowest BCUT2D eigenvalue weighted by Crippen LogP contribution is -2.15. The summed E-state index contributed by atoms with van der Waals surface area (Å²) in [6.07, 6.45) is -4.65. The van der Waals surface area contributed by atoms with Crippen LogP contribution in [-0.2, 0) is 16.2 Å². The first-order valence-electron chi connectivity index (χ1n) is 6.57. The molecule has 0 fully saturated rings. The molecule has 0 aliphatic carbocycles. The predicted molar refractivity (Wildman–Crippen MR) is 81.9 cm³/mol. The van der Waals surface area contributed by atoms with Crippen LogP contribution in [0.3, 0.4) is 0 Å². The summed E-state index contributed by atoms with van der Waals surface area (Å²) in [5.74, 6) is -0.190. The van der Waals surface area contributed by atoms with Gasteiger partial charge in [0, 0.05) is 17.8 Å². The molecule has 0 spiro atoms. The Morgan fingerprint density at radius 1 is 1.16 bits per heavy atom. The van der Waals surface area contributed by atoms with Gasteiger partial charge in [-0.1, -0.05) is 6.07 Å². The Bertz CT molecular complexity index is 913. The topological polar surface area (TPSA) is 98.5 Å². The molecule has 0 saturated carbocycles. The van der Waals surface area contributed by atoms with Gasteiger partial charge in [0.15, 0.2) is 0 Å². The van der Waals surface area contributed by atoms with Crippen molar-refractivity contribution < 1.29 is 31.2 Å². The van der Waals surface area contributed by atoms with Crippen LogP contribution in [-0.4, -0.2) is 20.5 Å². The number of hydrogen-bond donors (Lipinski definition) is 1. The lowest BCUT2D eigenvalue weighted by atomic mass is 10.2. The van der Waals surface area contributed by atoms with E-state index in [4.69, 9.17) is 4.74 Å². The number of nitrogens with zero attached hydrogens (tertiary/aromatic N) is 1. The zero-order chi connectivity index (χ0) is 18.8. The summed E-state index contributed by atoms with van der Waals surface area (Å²) in [5, 5.41) is 10.8. The molecule has 0 heterocycles. The molecule has 0 aliphatic rings. The van der Waals surface area contributed by atoms with Crippen LogP contribution in [0.1, 0.15) is 5.56 Å². The van der Waals surface area contributed by atoms with E-state index in [9.17, 15) is 31.7 Å². The molecule has 0 bridgehead atoms. The van der Waals surface area contributed by atoms with Crippen molar-refractivity contribution in [2.45, 2.75) is 11.1 Å². The van der Waals surface area contributed by atoms with Gasteiger partial charge in [-0.15, -0.1) is 0 Å². The van der Waals surface area contributed by atoms with Gasteiger partial charge >= 0.3 is 6.18 Å². The largest absolute Gasteiger partial charge is 0.495 e. The second kappa shape index (κ2) is 6.59. The number of methoxy groups -OCH3 is 1. The Kier molecular flexibility index (Phi) is 4.88. The highest BCUT2D eigenvalue weighted by molar-refractivity contribution is 7.92. The van der Waals surface area contributed by atoms with Gasteiger partial charge in [0.25, 0.3) is 15.7 Å². The Labute approximate surface area is 140 Å². The first-order valence-corrected chi connectivity index (χ1v) is 8.05. The van der Waals surface area contributed by atoms with Gasteiger partial charge < -0.3 is 4.74 Å². The molecule has 11 heteroatoms. The van der Waals surface area contributed by atoms with Crippen molar-refractivity contribution in [3.63, 3.8) is 0 Å². The van der Waals surface area contributed by atoms with E-state index in [0.717, 1.165) is 43.5 Å². The number of ether oxygens (including phenoxy) is 1. The molecule has 0 aromatic heterocycles. The lowest BCUT2D eigenvalue weighted by molar-refractivity contribution is -0.385. The van der Waals surface area contributed by atoms with Crippen LogP contribution >= 0.6 is 0 Å². The maximum absolute atomic E-state index is 12.7. The third kappa shape index (κ3) is 4.18. The zero-order valence-corrected chi connectivity index (χ0v) is 13.4. The molecule has 134 valence electrons. The summed E-state index contributed by atoms with van der Waals surface area (Å²) in [5.41, 5.74) is -1.90. The molecule has 0 unspecified atom stereocenters. The number of rotatable bonds is 5. The summed E-state index contributed by atoms with van der Waals surface area (Å²) in [4.78, 5) is 9.45. The summed E-state index contributed by atoms with van der Waals surface area (Å²) in [6, 6.07) is 6.44. The van der Waals surface area contributed by atoms with Gasteiger partial charge in [0.05, 0.1) is 17.6 Å². The molecule has 0 atom stereocenters. The van der Waals surface area contributed by atoms with Crippen molar-refractivity contribution >= 4 is 21.4 Å². The van der Waals surface area contributed by atoms with E-state index in [1.54, 1.807) is 0 Å². The highest BCUT2D eigenvalue weighted by Gasteiger charge is 2.31. The van der Waals surface area contributed by atoms with E-state index >= 15 is 0 Å². The Morgan fingerprint density at radius 2 is 1.84 bits per heavy atom. The molecule has 0 aliphatic heterocycles. The number of nitro benzene ring substituents is 1. The maximum atomic E-state index is 12.7. The van der Waals surface area contributed by atoms with Gasteiger partial charge in [0.2, 0.25) is 0 Å². The maximum Gasteiger partial charge on any atom is 0.416 e. The van der Waals surface area contributed by atoms with Crippen molar-refractivity contribution in [2.75, 3.05) is 11.8 Å². The first kappa shape index (κ1) is 18.5. The van der Waals surface area contributed by atoms with E-state index in [1.807, 2.05) is 4.72 Å². The average Bonchev–Trinajstić information content (AvgIpc) is 2.53. The summed E-state index contributed by atoms with van der Waals surface area (Å²) in [6.45, 7) is 0. The van der Waals surface area contributed by atoms with Crippen molar-refractivity contribution in [3.8, 4) is 5.75 Å². The van der Waals surface area contributed by atoms with Crippen molar-refractivity contribution in [3.05, 3.63) is 58.1 Å². The minimum Gasteiger partial charge on any atom is -0.495 e. The molecular formula is C14H11F3N2O5S. The fourth-order valence-electron chi connectivity index (χ4n) is 1.96. The molecule has 0 radical (unpaired) electrons. The van der Waals surface area contributed by atoms with Gasteiger partial charge in [-0.2, -0.15) is 13.2 Å². The number of anilines is 1. The highest BCUT2D eigenvalue weighted by Crippen LogP contribution is 2.33. The third-order valence-electron chi connectivity index (χ3n) is 3.09. The number of hydrogen-bond acceptors (Lipinski definition) is 5. The smallest absolute Gasteiger partial charge is 0.416 e. The normalized spacial score (nSPS) is 11.8. The van der Waals surface area contributed by atoms with Crippen LogP contribution in [0.4, 0.5) is 24.5 Å². The van der Waals surface area contributed by atoms with Crippen LogP contribution in [0.25, 0.3) is 0 Å². The molecule has 25 heavy (non-hydrogen) atoms. The second-order valence-electron chi connectivity index (χ2n) is 4.78. The zero-order valence-electron chi connectivity index (χ0n) is 12.6. The van der Waals surface area contributed by atoms with Crippen LogP contribution in [0.15, 0.2) is 47.4 Å². The van der Waals surface area contributed by atoms with Gasteiger partial charge in [-0.3, -0.25) is 14.8 Å². The minimum absolute atomic E-state index is 0.190. The van der Waals surface area contributed by atoms with Gasteiger partial charge in [-0.05, 0) is 24.3 Å². The van der Waals surface area contributed by atoms with Crippen LogP contribution in [0.2, 0.25) is 0 Å². The molecule has 7 nitrogen and oxygen atoms in total. The summed E-state index contributed by atoms with van der Waals surface area (Å²) < 4.78 is 69.8. The molecule has 0 amide bonds. The fourth-order valence-corrected chi connectivity index (χ4v) is 3.20. The quantitative estimate of drug-likeness (QED) is 0.637. The third-order valence-corrected chi connectivity index (χ3v) is 4.49. The van der Waals surface area contributed by atoms with Gasteiger partial charge in [0.1, 0.15) is 10.6 Å². The number of non-ortho nitro benzene ring substituents is 1. The first-order chi connectivity index (χ1) is 11.5. The van der Waals surface area contributed by atoms with Crippen molar-refractivity contribution in [1.82, 2.24) is 0 Å². The molecule has 0 saturated heterocycles. The van der Waals surface area contributed by atoms with Crippen molar-refractivity contribution in [1.29, 1.82) is 0 Å². The molecule has 1 N–H and O–H groups in total. The lowest BCUT2D eigenvalue weighted by Gasteiger charge is -2.13. The standard InChI is InChI=1S/C14H11F3N2O5S/c1-24-12-6-5-11(19(20)21)8-13(12)25(22,23)18-10-4-2-3-9(7-10)14(15,16)17/h2-8,18H,1H3. The predicted octanol–water partition coefficient (Wildman–Crippen LogP) is 3.42. The Morgan fingerprint density at radius 3 is 2.40 bits per heavy atom. The number of alkyl halides is 3. The van der Waals surface area contributed by atoms with Gasteiger partial charge in [-0.25, -0.2) is 8.42 Å². The Balaban J connectivity index is 2.46. The van der Waals surface area contributed by atoms with Crippen LogP contribution in [0, 0.1) is 10.1 Å². The van der Waals surface area contributed by atoms with E-state index in [-0.39, 0.29) is 11.4 Å². The van der Waals surface area contributed by atoms with Crippen LogP contribution in [0.5, 0.6) is 5.75 Å². The number of benzene rings is 2. The molecule has 2 rings (SSSR count). The van der Waals surface area contributed by atoms with Crippen molar-refractivity contribution in [2.24, 2.45) is 0 Å². The highest BCUT2D eigenvalue weighted by atomic mass is 32.2. The van der Waals surface area contributed by atoms with E-state index in [2.05, 4.69) is 0 Å². The summed E-state index contributed by atoms with van der Waals surface area (Å²) >= 11 is 0. The monoisotopic (exact) mass is 376 g/mol. The SMILES string of the molecule is COc1ccc([N+](=O)[O-])cc1S(=O)(=O)Nc1cccc(C(F)(F)F)c1. The molecule has 2 aromatic carbocycles. The van der Waals surface area contributed by atoms with E-state index in [0.29, 0.717) is 6.07 Å². The van der Waals surface area contributed by atoms with E-state index in [1.165, 1.54) is 0 Å². The number of nitro groups is 1. The number of halogens is 3. The number of sulfonamides is 1. The summed E-state index contributed by atoms with van der Waals surface area (Å²) in [7, 11) is -3.26. The molecule has 2 aromatic rings. The second-order valence-corrected chi connectivity index (χ2v) is 6.43. The minimum atomic E-state index is -4.65. The number of nitrogens with one attached hydrogen (secondary N) is 1. The van der Waals surface area contributed by atoms with Crippen LogP contribution < -0.4 is 9.46 Å².